The molecule has 3 nitrogen and oxygen atoms in total. The number of rotatable bonds is 10. The maximum atomic E-state index is 10.2. The summed E-state index contributed by atoms with van der Waals surface area (Å²) >= 11 is 3.61. The third kappa shape index (κ3) is 5.57. The Bertz CT molecular complexity index is 390. The molecule has 0 aliphatic rings. The van der Waals surface area contributed by atoms with Gasteiger partial charge in [0.1, 0.15) is 0 Å². The summed E-state index contributed by atoms with van der Waals surface area (Å²) in [5, 5.41) is 14.6. The minimum absolute atomic E-state index is 0.252. The Morgan fingerprint density at radius 1 is 1.15 bits per heavy atom. The van der Waals surface area contributed by atoms with Crippen molar-refractivity contribution < 1.29 is 5.11 Å². The molecule has 0 radical (unpaired) electrons. The molecule has 0 aliphatic heterocycles. The average Bonchev–Trinajstić information content (AvgIpc) is 2.70. The van der Waals surface area contributed by atoms with Crippen molar-refractivity contribution in [3.8, 4) is 0 Å². The van der Waals surface area contributed by atoms with Crippen molar-refractivity contribution in [3.05, 3.63) is 15.9 Å². The monoisotopic (exact) mass is 344 g/mol. The Morgan fingerprint density at radius 3 is 2.40 bits per heavy atom. The quantitative estimate of drug-likeness (QED) is 0.638. The Kier molecular flexibility index (Phi) is 8.46. The van der Waals surface area contributed by atoms with E-state index >= 15 is 0 Å². The lowest BCUT2D eigenvalue weighted by atomic mass is 10.0. The Labute approximate surface area is 131 Å². The van der Waals surface area contributed by atoms with Crippen molar-refractivity contribution in [2.45, 2.75) is 77.7 Å². The first kappa shape index (κ1) is 17.7. The van der Waals surface area contributed by atoms with Crippen molar-refractivity contribution in [3.63, 3.8) is 0 Å². The molecule has 0 fully saturated rings. The van der Waals surface area contributed by atoms with Crippen LogP contribution in [-0.2, 0) is 19.9 Å². The smallest absolute Gasteiger partial charge is 0.0766 e. The Hall–Kier alpha value is -0.350. The van der Waals surface area contributed by atoms with Crippen LogP contribution in [0.3, 0.4) is 0 Å². The summed E-state index contributed by atoms with van der Waals surface area (Å²) in [6.07, 6.45) is 9.88. The molecule has 1 aromatic heterocycles. The zero-order chi connectivity index (χ0) is 15.0. The van der Waals surface area contributed by atoms with E-state index in [9.17, 15) is 5.11 Å². The topological polar surface area (TPSA) is 38.1 Å². The Morgan fingerprint density at radius 2 is 1.80 bits per heavy atom. The predicted octanol–water partition coefficient (Wildman–Crippen LogP) is 4.40. The molecule has 4 heteroatoms. The molecular weight excluding hydrogens is 316 g/mol. The van der Waals surface area contributed by atoms with Gasteiger partial charge in [0.2, 0.25) is 0 Å². The number of aryl methyl sites for hydroxylation is 2. The molecule has 0 spiro atoms. The molecule has 1 aromatic rings. The molecule has 20 heavy (non-hydrogen) atoms. The van der Waals surface area contributed by atoms with E-state index in [-0.39, 0.29) is 6.10 Å². The zero-order valence-electron chi connectivity index (χ0n) is 13.2. The van der Waals surface area contributed by atoms with E-state index in [0.29, 0.717) is 6.42 Å². The zero-order valence-corrected chi connectivity index (χ0v) is 14.7. The van der Waals surface area contributed by atoms with E-state index in [0.717, 1.165) is 35.1 Å². The van der Waals surface area contributed by atoms with Crippen LogP contribution in [0.15, 0.2) is 4.47 Å². The lowest BCUT2D eigenvalue weighted by Crippen LogP contribution is -2.13. The maximum Gasteiger partial charge on any atom is 0.0766 e. The fourth-order valence-electron chi connectivity index (χ4n) is 2.53. The van der Waals surface area contributed by atoms with Gasteiger partial charge in [-0.3, -0.25) is 4.68 Å². The number of halogens is 1. The van der Waals surface area contributed by atoms with Gasteiger partial charge in [0.15, 0.2) is 0 Å². The van der Waals surface area contributed by atoms with Gasteiger partial charge in [0, 0.05) is 13.5 Å². The molecule has 1 N–H and O–H groups in total. The van der Waals surface area contributed by atoms with Crippen molar-refractivity contribution in [1.29, 1.82) is 0 Å². The molecule has 0 bridgehead atoms. The van der Waals surface area contributed by atoms with E-state index in [1.807, 2.05) is 11.7 Å². The maximum absolute atomic E-state index is 10.2. The van der Waals surface area contributed by atoms with Crippen molar-refractivity contribution >= 4 is 15.9 Å². The first-order chi connectivity index (χ1) is 9.60. The summed E-state index contributed by atoms with van der Waals surface area (Å²) < 4.78 is 2.97. The van der Waals surface area contributed by atoms with Gasteiger partial charge in [-0.1, -0.05) is 52.4 Å². The van der Waals surface area contributed by atoms with Crippen LogP contribution in [0.25, 0.3) is 0 Å². The number of hydrogen-bond acceptors (Lipinski definition) is 2. The van der Waals surface area contributed by atoms with Gasteiger partial charge in [0.25, 0.3) is 0 Å². The highest BCUT2D eigenvalue weighted by molar-refractivity contribution is 9.10. The third-order valence-electron chi connectivity index (χ3n) is 3.82. The van der Waals surface area contributed by atoms with Crippen LogP contribution in [-0.4, -0.2) is 21.0 Å². The SMILES string of the molecule is CCCCCCCCC(O)Cc1c(Br)c(CC)nn1C. The molecule has 0 saturated carbocycles. The molecule has 1 atom stereocenters. The summed E-state index contributed by atoms with van der Waals surface area (Å²) in [6, 6.07) is 0. The van der Waals surface area contributed by atoms with Crippen molar-refractivity contribution in [1.82, 2.24) is 9.78 Å². The van der Waals surface area contributed by atoms with Crippen LogP contribution < -0.4 is 0 Å². The predicted molar refractivity (Wildman–Crippen MR) is 88.0 cm³/mol. The summed E-state index contributed by atoms with van der Waals surface area (Å²) in [5.74, 6) is 0. The first-order valence-corrected chi connectivity index (χ1v) is 8.77. The molecule has 116 valence electrons. The first-order valence-electron chi connectivity index (χ1n) is 7.98. The normalized spacial score (nSPS) is 12.8. The molecule has 0 amide bonds. The number of nitrogens with zero attached hydrogens (tertiary/aromatic N) is 2. The molecular formula is C16H29BrN2O. The number of hydrogen-bond donors (Lipinski definition) is 1. The van der Waals surface area contributed by atoms with E-state index in [1.54, 1.807) is 0 Å². The van der Waals surface area contributed by atoms with E-state index < -0.39 is 0 Å². The van der Waals surface area contributed by atoms with Crippen LogP contribution >= 0.6 is 15.9 Å². The number of unbranched alkanes of at least 4 members (excludes halogenated alkanes) is 5. The van der Waals surface area contributed by atoms with Crippen LogP contribution in [0.2, 0.25) is 0 Å². The molecule has 0 aliphatic carbocycles. The van der Waals surface area contributed by atoms with Gasteiger partial charge < -0.3 is 5.11 Å². The summed E-state index contributed by atoms with van der Waals surface area (Å²) in [6.45, 7) is 4.34. The lowest BCUT2D eigenvalue weighted by Gasteiger charge is -2.11. The van der Waals surface area contributed by atoms with E-state index in [4.69, 9.17) is 0 Å². The molecule has 1 heterocycles. The minimum Gasteiger partial charge on any atom is -0.393 e. The highest BCUT2D eigenvalue weighted by Gasteiger charge is 2.15. The molecule has 1 rings (SSSR count). The summed E-state index contributed by atoms with van der Waals surface area (Å²) in [4.78, 5) is 0. The number of aromatic nitrogens is 2. The Balaban J connectivity index is 2.32. The fourth-order valence-corrected chi connectivity index (χ4v) is 3.31. The lowest BCUT2D eigenvalue weighted by molar-refractivity contribution is 0.158. The average molecular weight is 345 g/mol. The van der Waals surface area contributed by atoms with Gasteiger partial charge in [-0.05, 0) is 28.8 Å². The van der Waals surface area contributed by atoms with Crippen molar-refractivity contribution in [2.24, 2.45) is 7.05 Å². The van der Waals surface area contributed by atoms with E-state index in [2.05, 4.69) is 34.9 Å². The molecule has 0 saturated heterocycles. The van der Waals surface area contributed by atoms with Crippen LogP contribution in [0.5, 0.6) is 0 Å². The van der Waals surface area contributed by atoms with Crippen LogP contribution in [0.4, 0.5) is 0 Å². The second-order valence-electron chi connectivity index (χ2n) is 5.60. The van der Waals surface area contributed by atoms with Gasteiger partial charge in [-0.2, -0.15) is 5.10 Å². The molecule has 0 aromatic carbocycles. The summed E-state index contributed by atoms with van der Waals surface area (Å²) in [5.41, 5.74) is 2.19. The highest BCUT2D eigenvalue weighted by atomic mass is 79.9. The number of aliphatic hydroxyl groups excluding tert-OH is 1. The van der Waals surface area contributed by atoms with Gasteiger partial charge in [-0.25, -0.2) is 0 Å². The van der Waals surface area contributed by atoms with Gasteiger partial charge >= 0.3 is 0 Å². The van der Waals surface area contributed by atoms with Gasteiger partial charge in [-0.15, -0.1) is 0 Å². The second kappa shape index (κ2) is 9.56. The van der Waals surface area contributed by atoms with Gasteiger partial charge in [0.05, 0.1) is 22.0 Å². The van der Waals surface area contributed by atoms with Crippen LogP contribution in [0.1, 0.15) is 70.2 Å². The third-order valence-corrected chi connectivity index (χ3v) is 4.74. The molecule has 1 unspecified atom stereocenters. The second-order valence-corrected chi connectivity index (χ2v) is 6.39. The highest BCUT2D eigenvalue weighted by Crippen LogP contribution is 2.23. The number of aliphatic hydroxyl groups is 1. The fraction of sp³-hybridized carbons (Fsp3) is 0.812. The summed E-state index contributed by atoms with van der Waals surface area (Å²) in [7, 11) is 1.96. The minimum atomic E-state index is -0.252. The van der Waals surface area contributed by atoms with Crippen molar-refractivity contribution in [2.75, 3.05) is 0 Å². The van der Waals surface area contributed by atoms with E-state index in [1.165, 1.54) is 32.1 Å². The van der Waals surface area contributed by atoms with Crippen LogP contribution in [0, 0.1) is 0 Å². The standard InChI is InChI=1S/C16H29BrN2O/c1-4-6-7-8-9-10-11-13(20)12-15-16(17)14(5-2)18-19(15)3/h13,20H,4-12H2,1-3H3. The largest absolute Gasteiger partial charge is 0.393 e.